The van der Waals surface area contributed by atoms with Gasteiger partial charge in [0.05, 0.1) is 24.1 Å². The van der Waals surface area contributed by atoms with E-state index in [-0.39, 0.29) is 25.0 Å². The number of halogens is 1. The number of benzene rings is 2. The lowest BCUT2D eigenvalue weighted by molar-refractivity contribution is -0.117. The van der Waals surface area contributed by atoms with E-state index >= 15 is 0 Å². The molecule has 3 aromatic rings. The van der Waals surface area contributed by atoms with E-state index in [1.54, 1.807) is 10.7 Å². The number of rotatable bonds is 4. The highest BCUT2D eigenvalue weighted by atomic mass is 79.9. The molecule has 1 atom stereocenters. The van der Waals surface area contributed by atoms with E-state index in [4.69, 9.17) is 4.74 Å². The van der Waals surface area contributed by atoms with Crippen molar-refractivity contribution >= 4 is 27.8 Å². The third kappa shape index (κ3) is 3.41. The highest BCUT2D eigenvalue weighted by molar-refractivity contribution is 9.10. The van der Waals surface area contributed by atoms with Gasteiger partial charge in [0.25, 0.3) is 0 Å². The molecule has 0 spiro atoms. The Hall–Kier alpha value is -3.18. The van der Waals surface area contributed by atoms with Crippen molar-refractivity contribution in [2.45, 2.75) is 19.1 Å². The van der Waals surface area contributed by atoms with Gasteiger partial charge in [-0.15, -0.1) is 0 Å². The van der Waals surface area contributed by atoms with Crippen LogP contribution in [0.1, 0.15) is 29.2 Å². The third-order valence-corrected chi connectivity index (χ3v) is 4.84. The Morgan fingerprint density at radius 1 is 1.33 bits per heavy atom. The molecule has 0 radical (unpaired) electrons. The Bertz CT molecular complexity index is 1060. The fraction of sp³-hybridized carbons (Fsp3) is 0.158. The monoisotopic (exact) mass is 423 g/mol. The van der Waals surface area contributed by atoms with E-state index in [1.165, 1.54) is 6.33 Å². The lowest BCUT2D eigenvalue weighted by atomic mass is 10.0. The highest BCUT2D eigenvalue weighted by Gasteiger charge is 2.30. The number of carbonyl (C=O) groups is 1. The van der Waals surface area contributed by atoms with Crippen LogP contribution < -0.4 is 10.1 Å². The van der Waals surface area contributed by atoms with E-state index < -0.39 is 0 Å². The number of amides is 1. The molecule has 7 nitrogen and oxygen atoms in total. The molecule has 0 bridgehead atoms. The topological polar surface area (TPSA) is 92.8 Å². The molecule has 1 unspecified atom stereocenters. The van der Waals surface area contributed by atoms with Gasteiger partial charge in [-0.1, -0.05) is 34.1 Å². The van der Waals surface area contributed by atoms with Crippen molar-refractivity contribution in [2.24, 2.45) is 0 Å². The third-order valence-electron chi connectivity index (χ3n) is 4.35. The predicted molar refractivity (Wildman–Crippen MR) is 101 cm³/mol. The van der Waals surface area contributed by atoms with Gasteiger partial charge in [0.2, 0.25) is 11.9 Å². The molecule has 0 saturated heterocycles. The van der Waals surface area contributed by atoms with Gasteiger partial charge in [-0.2, -0.15) is 15.3 Å². The van der Waals surface area contributed by atoms with Crippen LogP contribution in [0.4, 0.5) is 5.95 Å². The van der Waals surface area contributed by atoms with Crippen molar-refractivity contribution < 1.29 is 9.53 Å². The van der Waals surface area contributed by atoms with Crippen LogP contribution in [0, 0.1) is 11.3 Å². The van der Waals surface area contributed by atoms with Crippen molar-refractivity contribution in [3.63, 3.8) is 0 Å². The second-order valence-electron chi connectivity index (χ2n) is 6.04. The summed E-state index contributed by atoms with van der Waals surface area (Å²) in [4.78, 5) is 16.2. The minimum Gasteiger partial charge on any atom is -0.488 e. The first-order valence-electron chi connectivity index (χ1n) is 8.25. The molecule has 1 N–H and O–H groups in total. The van der Waals surface area contributed by atoms with Crippen LogP contribution >= 0.6 is 15.9 Å². The Kier molecular flexibility index (Phi) is 4.60. The molecule has 1 amide bonds. The molecule has 2 heterocycles. The van der Waals surface area contributed by atoms with Gasteiger partial charge in [0.15, 0.2) is 0 Å². The summed E-state index contributed by atoms with van der Waals surface area (Å²) in [6.45, 7) is 0.251. The van der Waals surface area contributed by atoms with E-state index in [2.05, 4.69) is 37.4 Å². The molecule has 0 fully saturated rings. The van der Waals surface area contributed by atoms with Gasteiger partial charge in [-0.3, -0.25) is 10.1 Å². The Balaban J connectivity index is 1.68. The van der Waals surface area contributed by atoms with Crippen LogP contribution in [0.2, 0.25) is 0 Å². The Morgan fingerprint density at radius 2 is 2.19 bits per heavy atom. The molecular formula is C19H14BrN5O2. The van der Waals surface area contributed by atoms with Gasteiger partial charge in [0.1, 0.15) is 18.7 Å². The predicted octanol–water partition coefficient (Wildman–Crippen LogP) is 3.42. The maximum Gasteiger partial charge on any atom is 0.229 e. The maximum atomic E-state index is 12.1. The van der Waals surface area contributed by atoms with Crippen LogP contribution in [0.3, 0.4) is 0 Å². The smallest absolute Gasteiger partial charge is 0.229 e. The summed E-state index contributed by atoms with van der Waals surface area (Å²) in [6, 6.07) is 14.8. The van der Waals surface area contributed by atoms with Crippen LogP contribution in [-0.2, 0) is 11.4 Å². The normalized spacial score (nSPS) is 15.6. The molecular weight excluding hydrogens is 410 g/mol. The van der Waals surface area contributed by atoms with Gasteiger partial charge >= 0.3 is 0 Å². The standard InChI is InChI=1S/C19H14BrN5O2/c20-14-5-6-17(27-10-13-4-2-1-3-12(13)9-21)15(7-14)16-8-18(26)24-19-22-11-23-25(16)19/h1-7,11,16H,8,10H2,(H,22,23,24,26). The van der Waals surface area contributed by atoms with Gasteiger partial charge in [-0.25, -0.2) is 4.68 Å². The van der Waals surface area contributed by atoms with Crippen molar-refractivity contribution in [2.75, 3.05) is 5.32 Å². The summed E-state index contributed by atoms with van der Waals surface area (Å²) < 4.78 is 8.59. The number of nitrogens with zero attached hydrogens (tertiary/aromatic N) is 4. The fourth-order valence-corrected chi connectivity index (χ4v) is 3.45. The fourth-order valence-electron chi connectivity index (χ4n) is 3.07. The van der Waals surface area contributed by atoms with Gasteiger partial charge in [0, 0.05) is 15.6 Å². The second-order valence-corrected chi connectivity index (χ2v) is 6.95. The van der Waals surface area contributed by atoms with Crippen molar-refractivity contribution in [3.8, 4) is 11.8 Å². The Morgan fingerprint density at radius 3 is 3.04 bits per heavy atom. The lowest BCUT2D eigenvalue weighted by Gasteiger charge is -2.25. The average Bonchev–Trinajstić information content (AvgIpc) is 3.15. The largest absolute Gasteiger partial charge is 0.488 e. The quantitative estimate of drug-likeness (QED) is 0.693. The van der Waals surface area contributed by atoms with Crippen molar-refractivity contribution in [3.05, 3.63) is 70.0 Å². The Labute approximate surface area is 163 Å². The number of anilines is 1. The molecule has 1 aromatic heterocycles. The molecule has 134 valence electrons. The average molecular weight is 424 g/mol. The van der Waals surface area contributed by atoms with Crippen LogP contribution in [0.5, 0.6) is 5.75 Å². The molecule has 27 heavy (non-hydrogen) atoms. The van der Waals surface area contributed by atoms with Crippen LogP contribution in [0.25, 0.3) is 0 Å². The number of carbonyl (C=O) groups excluding carboxylic acids is 1. The van der Waals surface area contributed by atoms with E-state index in [0.29, 0.717) is 17.3 Å². The molecule has 8 heteroatoms. The summed E-state index contributed by atoms with van der Waals surface area (Å²) in [6.07, 6.45) is 1.65. The number of nitrogens with one attached hydrogen (secondary N) is 1. The second kappa shape index (κ2) is 7.21. The first-order valence-corrected chi connectivity index (χ1v) is 9.04. The van der Waals surface area contributed by atoms with E-state index in [0.717, 1.165) is 15.6 Å². The first kappa shape index (κ1) is 17.2. The zero-order valence-electron chi connectivity index (χ0n) is 14.1. The summed E-state index contributed by atoms with van der Waals surface area (Å²) in [5, 5.41) is 16.2. The summed E-state index contributed by atoms with van der Waals surface area (Å²) in [5.41, 5.74) is 2.20. The summed E-state index contributed by atoms with van der Waals surface area (Å²) in [5.74, 6) is 0.922. The number of hydrogen-bond donors (Lipinski definition) is 1. The molecule has 1 aliphatic heterocycles. The maximum absolute atomic E-state index is 12.1. The lowest BCUT2D eigenvalue weighted by Crippen LogP contribution is -2.29. The van der Waals surface area contributed by atoms with Crippen molar-refractivity contribution in [1.29, 1.82) is 5.26 Å². The van der Waals surface area contributed by atoms with Crippen molar-refractivity contribution in [1.82, 2.24) is 14.8 Å². The zero-order chi connectivity index (χ0) is 18.8. The first-order chi connectivity index (χ1) is 13.2. The molecule has 1 aliphatic rings. The number of hydrogen-bond acceptors (Lipinski definition) is 5. The zero-order valence-corrected chi connectivity index (χ0v) is 15.7. The van der Waals surface area contributed by atoms with E-state index in [9.17, 15) is 10.1 Å². The minimum absolute atomic E-state index is 0.124. The van der Waals surface area contributed by atoms with Gasteiger partial charge in [-0.05, 0) is 24.3 Å². The highest BCUT2D eigenvalue weighted by Crippen LogP contribution is 2.36. The molecule has 4 rings (SSSR count). The number of nitriles is 1. The van der Waals surface area contributed by atoms with E-state index in [1.807, 2.05) is 36.4 Å². The minimum atomic E-state index is -0.324. The number of ether oxygens (including phenoxy) is 1. The molecule has 0 saturated carbocycles. The molecule has 0 aliphatic carbocycles. The van der Waals surface area contributed by atoms with Crippen LogP contribution in [-0.4, -0.2) is 20.7 Å². The van der Waals surface area contributed by atoms with Gasteiger partial charge < -0.3 is 4.74 Å². The SMILES string of the molecule is N#Cc1ccccc1COc1ccc(Br)cc1C1CC(=O)Nc2ncnn21. The number of fused-ring (bicyclic) bond motifs is 1. The summed E-state index contributed by atoms with van der Waals surface area (Å²) in [7, 11) is 0. The summed E-state index contributed by atoms with van der Waals surface area (Å²) >= 11 is 3.48. The number of aromatic nitrogens is 3. The molecule has 2 aromatic carbocycles. The van der Waals surface area contributed by atoms with Crippen LogP contribution in [0.15, 0.2) is 53.3 Å².